The number of guanidine groups is 1. The smallest absolute Gasteiger partial charge is 0.185 e. The van der Waals surface area contributed by atoms with Gasteiger partial charge in [-0.3, -0.25) is 5.41 Å². The topological polar surface area (TPSA) is 80.4 Å². The Labute approximate surface area is 101 Å². The van der Waals surface area contributed by atoms with Crippen LogP contribution in [0.4, 0.5) is 0 Å². The molecule has 5 nitrogen and oxygen atoms in total. The van der Waals surface area contributed by atoms with Crippen molar-refractivity contribution in [2.45, 2.75) is 13.3 Å². The molecule has 1 aromatic carbocycles. The molecule has 0 aliphatic carbocycles. The van der Waals surface area contributed by atoms with Crippen molar-refractivity contribution in [1.82, 2.24) is 5.32 Å². The summed E-state index contributed by atoms with van der Waals surface area (Å²) in [5, 5.41) is 9.82. The van der Waals surface area contributed by atoms with Crippen LogP contribution in [0.5, 0.6) is 11.5 Å². The monoisotopic (exact) mass is 237 g/mol. The summed E-state index contributed by atoms with van der Waals surface area (Å²) in [4.78, 5) is 0. The van der Waals surface area contributed by atoms with Crippen molar-refractivity contribution in [3.63, 3.8) is 0 Å². The minimum atomic E-state index is -0.0106. The lowest BCUT2D eigenvalue weighted by Gasteiger charge is -2.11. The quantitative estimate of drug-likeness (QED) is 0.511. The van der Waals surface area contributed by atoms with Gasteiger partial charge < -0.3 is 20.5 Å². The van der Waals surface area contributed by atoms with Gasteiger partial charge in [-0.25, -0.2) is 0 Å². The van der Waals surface area contributed by atoms with Gasteiger partial charge in [-0.1, -0.05) is 6.07 Å². The second-order valence-electron chi connectivity index (χ2n) is 3.51. The second-order valence-corrected chi connectivity index (χ2v) is 3.51. The van der Waals surface area contributed by atoms with Gasteiger partial charge in [-0.05, 0) is 31.0 Å². The first-order valence-corrected chi connectivity index (χ1v) is 5.55. The molecule has 17 heavy (non-hydrogen) atoms. The molecule has 0 aliphatic rings. The van der Waals surface area contributed by atoms with Crippen LogP contribution in [0.25, 0.3) is 0 Å². The molecule has 1 aromatic rings. The summed E-state index contributed by atoms with van der Waals surface area (Å²) in [6.07, 6.45) is 0.781. The first-order chi connectivity index (χ1) is 8.17. The maximum Gasteiger partial charge on any atom is 0.185 e. The summed E-state index contributed by atoms with van der Waals surface area (Å²) >= 11 is 0. The van der Waals surface area contributed by atoms with Crippen LogP contribution in [0, 0.1) is 5.41 Å². The first kappa shape index (κ1) is 13.2. The predicted molar refractivity (Wildman–Crippen MR) is 67.8 cm³/mol. The van der Waals surface area contributed by atoms with Gasteiger partial charge in [0, 0.05) is 6.54 Å². The summed E-state index contributed by atoms with van der Waals surface area (Å²) in [6.45, 7) is 3.17. The predicted octanol–water partition coefficient (Wildman–Crippen LogP) is 1.12. The van der Waals surface area contributed by atoms with Gasteiger partial charge in [0.15, 0.2) is 17.5 Å². The van der Waals surface area contributed by atoms with Crippen molar-refractivity contribution in [1.29, 1.82) is 5.41 Å². The molecule has 0 unspecified atom stereocenters. The lowest BCUT2D eigenvalue weighted by Crippen LogP contribution is -2.31. The van der Waals surface area contributed by atoms with Crippen LogP contribution in [0.15, 0.2) is 18.2 Å². The van der Waals surface area contributed by atoms with E-state index in [4.69, 9.17) is 20.6 Å². The summed E-state index contributed by atoms with van der Waals surface area (Å²) in [6, 6.07) is 5.81. The molecule has 0 atom stereocenters. The Morgan fingerprint density at radius 3 is 2.76 bits per heavy atom. The average molecular weight is 237 g/mol. The van der Waals surface area contributed by atoms with E-state index in [1.54, 1.807) is 7.11 Å². The number of hydrogen-bond acceptors (Lipinski definition) is 3. The van der Waals surface area contributed by atoms with Gasteiger partial charge in [0.05, 0.1) is 13.7 Å². The van der Waals surface area contributed by atoms with E-state index in [0.29, 0.717) is 13.2 Å². The molecule has 0 saturated heterocycles. The number of rotatable bonds is 6. The van der Waals surface area contributed by atoms with Crippen LogP contribution in [0.2, 0.25) is 0 Å². The second kappa shape index (κ2) is 6.62. The standard InChI is InChI=1S/C12H19N3O2/c1-3-17-11-8-9(4-5-10(11)16-2)6-7-15-12(13)14/h4-5,8H,3,6-7H2,1-2H3,(H4,13,14,15). The zero-order valence-electron chi connectivity index (χ0n) is 10.2. The molecular weight excluding hydrogens is 218 g/mol. The van der Waals surface area contributed by atoms with Gasteiger partial charge in [0.25, 0.3) is 0 Å². The first-order valence-electron chi connectivity index (χ1n) is 5.55. The van der Waals surface area contributed by atoms with Crippen molar-refractivity contribution >= 4 is 5.96 Å². The third-order valence-corrected chi connectivity index (χ3v) is 2.26. The molecule has 94 valence electrons. The molecule has 1 rings (SSSR count). The fraction of sp³-hybridized carbons (Fsp3) is 0.417. The Hall–Kier alpha value is -1.91. The van der Waals surface area contributed by atoms with Gasteiger partial charge >= 0.3 is 0 Å². The van der Waals surface area contributed by atoms with Gasteiger partial charge in [0.2, 0.25) is 0 Å². The number of nitrogens with one attached hydrogen (secondary N) is 2. The fourth-order valence-corrected chi connectivity index (χ4v) is 1.49. The highest BCUT2D eigenvalue weighted by molar-refractivity contribution is 5.74. The molecule has 0 aromatic heterocycles. The molecule has 0 fully saturated rings. The fourth-order valence-electron chi connectivity index (χ4n) is 1.49. The largest absolute Gasteiger partial charge is 0.493 e. The van der Waals surface area contributed by atoms with Crippen molar-refractivity contribution in [2.75, 3.05) is 20.3 Å². The third kappa shape index (κ3) is 4.22. The van der Waals surface area contributed by atoms with Crippen molar-refractivity contribution in [2.24, 2.45) is 5.73 Å². The minimum absolute atomic E-state index is 0.0106. The zero-order chi connectivity index (χ0) is 12.7. The summed E-state index contributed by atoms with van der Waals surface area (Å²) < 4.78 is 10.7. The van der Waals surface area contributed by atoms with Crippen LogP contribution in [-0.2, 0) is 6.42 Å². The normalized spacial score (nSPS) is 9.76. The Kier molecular flexibility index (Phi) is 5.13. The van der Waals surface area contributed by atoms with E-state index in [9.17, 15) is 0 Å². The molecule has 0 radical (unpaired) electrons. The molecule has 0 saturated carbocycles. The maximum absolute atomic E-state index is 7.05. The van der Waals surface area contributed by atoms with Crippen molar-refractivity contribution < 1.29 is 9.47 Å². The Morgan fingerprint density at radius 2 is 2.18 bits per heavy atom. The highest BCUT2D eigenvalue weighted by atomic mass is 16.5. The van der Waals surface area contributed by atoms with Crippen molar-refractivity contribution in [3.8, 4) is 11.5 Å². The summed E-state index contributed by atoms with van der Waals surface area (Å²) in [5.41, 5.74) is 6.32. The lowest BCUT2D eigenvalue weighted by molar-refractivity contribution is 0.310. The van der Waals surface area contributed by atoms with Gasteiger partial charge in [0.1, 0.15) is 0 Å². The number of hydrogen-bond donors (Lipinski definition) is 3. The number of ether oxygens (including phenoxy) is 2. The average Bonchev–Trinajstić information content (AvgIpc) is 2.29. The number of benzene rings is 1. The number of nitrogens with two attached hydrogens (primary N) is 1. The molecular formula is C12H19N3O2. The van der Waals surface area contributed by atoms with E-state index in [2.05, 4.69) is 5.32 Å². The van der Waals surface area contributed by atoms with E-state index in [1.165, 1.54) is 0 Å². The molecule has 0 spiro atoms. The van der Waals surface area contributed by atoms with Crippen LogP contribution in [0.3, 0.4) is 0 Å². The van der Waals surface area contributed by atoms with Crippen LogP contribution < -0.4 is 20.5 Å². The van der Waals surface area contributed by atoms with E-state index in [-0.39, 0.29) is 5.96 Å². The lowest BCUT2D eigenvalue weighted by atomic mass is 10.1. The Balaban J connectivity index is 2.67. The minimum Gasteiger partial charge on any atom is -0.493 e. The van der Waals surface area contributed by atoms with Crippen LogP contribution >= 0.6 is 0 Å². The van der Waals surface area contributed by atoms with E-state index >= 15 is 0 Å². The van der Waals surface area contributed by atoms with E-state index < -0.39 is 0 Å². The SMILES string of the molecule is CCOc1cc(CCNC(=N)N)ccc1OC. The molecule has 4 N–H and O–H groups in total. The zero-order valence-corrected chi connectivity index (χ0v) is 10.2. The van der Waals surface area contributed by atoms with E-state index in [0.717, 1.165) is 23.5 Å². The highest BCUT2D eigenvalue weighted by Gasteiger charge is 2.05. The highest BCUT2D eigenvalue weighted by Crippen LogP contribution is 2.28. The van der Waals surface area contributed by atoms with Gasteiger partial charge in [-0.2, -0.15) is 0 Å². The van der Waals surface area contributed by atoms with E-state index in [1.807, 2.05) is 25.1 Å². The summed E-state index contributed by atoms with van der Waals surface area (Å²) in [7, 11) is 1.62. The molecule has 0 heterocycles. The van der Waals surface area contributed by atoms with Crippen LogP contribution in [-0.4, -0.2) is 26.2 Å². The molecule has 0 aliphatic heterocycles. The maximum atomic E-state index is 7.05. The molecule has 0 bridgehead atoms. The van der Waals surface area contributed by atoms with Gasteiger partial charge in [-0.15, -0.1) is 0 Å². The van der Waals surface area contributed by atoms with Crippen molar-refractivity contribution in [3.05, 3.63) is 23.8 Å². The van der Waals surface area contributed by atoms with Crippen LogP contribution in [0.1, 0.15) is 12.5 Å². The Bertz CT molecular complexity index is 380. The third-order valence-electron chi connectivity index (χ3n) is 2.26. The molecule has 0 amide bonds. The Morgan fingerprint density at radius 1 is 1.41 bits per heavy atom. The molecule has 5 heteroatoms. The summed E-state index contributed by atoms with van der Waals surface area (Å²) in [5.74, 6) is 1.47. The number of methoxy groups -OCH3 is 1.